The first kappa shape index (κ1) is 16.5. The van der Waals surface area contributed by atoms with Crippen molar-refractivity contribution >= 4 is 34.9 Å². The lowest BCUT2D eigenvalue weighted by atomic mass is 10.3. The summed E-state index contributed by atoms with van der Waals surface area (Å²) in [5.74, 6) is 0.163. The minimum absolute atomic E-state index is 0.218. The standard InChI is InChI=1S/C15H13Cl2FN2O2/c16-10-3-5-13(12(17)8-10)22-7-1-2-15(21)20-14-6-4-11(18)9-19-14/h3-6,8-9H,1-2,7H2,(H,19,20,21). The minimum Gasteiger partial charge on any atom is -0.492 e. The van der Waals surface area contributed by atoms with Crippen molar-refractivity contribution in [3.63, 3.8) is 0 Å². The molecule has 7 heteroatoms. The molecule has 22 heavy (non-hydrogen) atoms. The van der Waals surface area contributed by atoms with Crippen molar-refractivity contribution in [2.24, 2.45) is 0 Å². The van der Waals surface area contributed by atoms with Crippen LogP contribution in [0.3, 0.4) is 0 Å². The van der Waals surface area contributed by atoms with Gasteiger partial charge in [-0.25, -0.2) is 9.37 Å². The molecule has 116 valence electrons. The Labute approximate surface area is 137 Å². The highest BCUT2D eigenvalue weighted by atomic mass is 35.5. The third kappa shape index (κ3) is 5.16. The van der Waals surface area contributed by atoms with E-state index in [1.165, 1.54) is 12.1 Å². The molecule has 0 saturated carbocycles. The number of rotatable bonds is 6. The number of carbonyl (C=O) groups is 1. The van der Waals surface area contributed by atoms with Gasteiger partial charge in [0.2, 0.25) is 5.91 Å². The SMILES string of the molecule is O=C(CCCOc1ccc(Cl)cc1Cl)Nc1ccc(F)cn1. The van der Waals surface area contributed by atoms with Crippen LogP contribution in [0.5, 0.6) is 5.75 Å². The van der Waals surface area contributed by atoms with Gasteiger partial charge < -0.3 is 10.1 Å². The molecule has 0 fully saturated rings. The highest BCUT2D eigenvalue weighted by molar-refractivity contribution is 6.35. The molecule has 1 aromatic carbocycles. The summed E-state index contributed by atoms with van der Waals surface area (Å²) in [4.78, 5) is 15.4. The van der Waals surface area contributed by atoms with Gasteiger partial charge in [0.15, 0.2) is 0 Å². The number of hydrogen-bond donors (Lipinski definition) is 1. The average molecular weight is 343 g/mol. The summed E-state index contributed by atoms with van der Waals surface area (Å²) in [5, 5.41) is 3.53. The third-order valence-corrected chi connectivity index (χ3v) is 3.23. The Morgan fingerprint density at radius 1 is 1.27 bits per heavy atom. The van der Waals surface area contributed by atoms with Gasteiger partial charge >= 0.3 is 0 Å². The second-order valence-electron chi connectivity index (χ2n) is 4.44. The van der Waals surface area contributed by atoms with Crippen LogP contribution in [0.2, 0.25) is 10.0 Å². The summed E-state index contributed by atoms with van der Waals surface area (Å²) in [6.45, 7) is 0.339. The number of ether oxygens (including phenoxy) is 1. The zero-order valence-electron chi connectivity index (χ0n) is 11.5. The summed E-state index contributed by atoms with van der Waals surface area (Å²) in [6, 6.07) is 7.57. The molecule has 2 aromatic rings. The van der Waals surface area contributed by atoms with Crippen molar-refractivity contribution in [3.05, 3.63) is 52.4 Å². The van der Waals surface area contributed by atoms with Crippen molar-refractivity contribution in [2.75, 3.05) is 11.9 Å². The molecule has 0 bridgehead atoms. The van der Waals surface area contributed by atoms with E-state index in [9.17, 15) is 9.18 Å². The maximum atomic E-state index is 12.7. The van der Waals surface area contributed by atoms with E-state index in [0.717, 1.165) is 6.20 Å². The van der Waals surface area contributed by atoms with Gasteiger partial charge in [-0.3, -0.25) is 4.79 Å². The predicted molar refractivity (Wildman–Crippen MR) is 84.0 cm³/mol. The molecule has 4 nitrogen and oxygen atoms in total. The van der Waals surface area contributed by atoms with Gasteiger partial charge in [-0.15, -0.1) is 0 Å². The molecule has 0 saturated heterocycles. The number of benzene rings is 1. The Hall–Kier alpha value is -1.85. The molecule has 0 atom stereocenters. The Morgan fingerprint density at radius 3 is 2.77 bits per heavy atom. The summed E-state index contributed by atoms with van der Waals surface area (Å²) < 4.78 is 18.2. The minimum atomic E-state index is -0.453. The lowest BCUT2D eigenvalue weighted by molar-refractivity contribution is -0.116. The number of hydrogen-bond acceptors (Lipinski definition) is 3. The maximum Gasteiger partial charge on any atom is 0.225 e. The number of nitrogens with one attached hydrogen (secondary N) is 1. The van der Waals surface area contributed by atoms with Crippen LogP contribution >= 0.6 is 23.2 Å². The van der Waals surface area contributed by atoms with E-state index in [4.69, 9.17) is 27.9 Å². The molecule has 0 aliphatic heterocycles. The van der Waals surface area contributed by atoms with Crippen LogP contribution in [-0.2, 0) is 4.79 Å². The van der Waals surface area contributed by atoms with Gasteiger partial charge in [0.25, 0.3) is 0 Å². The van der Waals surface area contributed by atoms with Crippen molar-refractivity contribution in [3.8, 4) is 5.75 Å². The fraction of sp³-hybridized carbons (Fsp3) is 0.200. The fourth-order valence-corrected chi connectivity index (χ4v) is 2.13. The molecular formula is C15H13Cl2FN2O2. The highest BCUT2D eigenvalue weighted by Gasteiger charge is 2.05. The molecule has 0 unspecified atom stereocenters. The van der Waals surface area contributed by atoms with Crippen LogP contribution in [0.1, 0.15) is 12.8 Å². The van der Waals surface area contributed by atoms with Gasteiger partial charge in [0.05, 0.1) is 17.8 Å². The second kappa shape index (κ2) is 7.96. The predicted octanol–water partition coefficient (Wildman–Crippen LogP) is 4.33. The number of amides is 1. The fourth-order valence-electron chi connectivity index (χ4n) is 1.66. The van der Waals surface area contributed by atoms with E-state index in [0.29, 0.717) is 34.6 Å². The van der Waals surface area contributed by atoms with E-state index >= 15 is 0 Å². The third-order valence-electron chi connectivity index (χ3n) is 2.69. The van der Waals surface area contributed by atoms with E-state index in [1.807, 2.05) is 0 Å². The summed E-state index contributed by atoms with van der Waals surface area (Å²) >= 11 is 11.7. The Bertz CT molecular complexity index is 650. The van der Waals surface area contributed by atoms with Crippen molar-refractivity contribution in [1.82, 2.24) is 4.98 Å². The molecule has 0 radical (unpaired) electrons. The van der Waals surface area contributed by atoms with Crippen LogP contribution in [0.25, 0.3) is 0 Å². The molecule has 1 aromatic heterocycles. The monoisotopic (exact) mass is 342 g/mol. The maximum absolute atomic E-state index is 12.7. The summed E-state index contributed by atoms with van der Waals surface area (Å²) in [6.07, 6.45) is 1.80. The number of nitrogens with zero attached hydrogens (tertiary/aromatic N) is 1. The number of anilines is 1. The lowest BCUT2D eigenvalue weighted by Crippen LogP contribution is -2.13. The number of pyridine rings is 1. The number of halogens is 3. The quantitative estimate of drug-likeness (QED) is 0.795. The molecule has 1 heterocycles. The normalized spacial score (nSPS) is 10.3. The van der Waals surface area contributed by atoms with Crippen LogP contribution in [0.4, 0.5) is 10.2 Å². The zero-order valence-corrected chi connectivity index (χ0v) is 13.0. The smallest absolute Gasteiger partial charge is 0.225 e. The van der Waals surface area contributed by atoms with E-state index in [2.05, 4.69) is 10.3 Å². The molecular weight excluding hydrogens is 330 g/mol. The van der Waals surface area contributed by atoms with Gasteiger partial charge in [0, 0.05) is 11.4 Å². The highest BCUT2D eigenvalue weighted by Crippen LogP contribution is 2.27. The molecule has 1 N–H and O–H groups in total. The Balaban J connectivity index is 1.72. The van der Waals surface area contributed by atoms with E-state index < -0.39 is 5.82 Å². The first-order valence-electron chi connectivity index (χ1n) is 6.54. The summed E-state index contributed by atoms with van der Waals surface area (Å²) in [7, 11) is 0. The first-order chi connectivity index (χ1) is 10.5. The van der Waals surface area contributed by atoms with Gasteiger partial charge in [-0.2, -0.15) is 0 Å². The lowest BCUT2D eigenvalue weighted by Gasteiger charge is -2.08. The molecule has 2 rings (SSSR count). The van der Waals surface area contributed by atoms with E-state index in [1.54, 1.807) is 18.2 Å². The largest absolute Gasteiger partial charge is 0.492 e. The molecule has 0 aliphatic rings. The van der Waals surface area contributed by atoms with Crippen molar-refractivity contribution in [1.29, 1.82) is 0 Å². The van der Waals surface area contributed by atoms with Crippen LogP contribution in [0, 0.1) is 5.82 Å². The van der Waals surface area contributed by atoms with Crippen molar-refractivity contribution in [2.45, 2.75) is 12.8 Å². The van der Waals surface area contributed by atoms with Gasteiger partial charge in [0.1, 0.15) is 17.4 Å². The Morgan fingerprint density at radius 2 is 2.09 bits per heavy atom. The Kier molecular flexibility index (Phi) is 5.98. The molecule has 0 spiro atoms. The van der Waals surface area contributed by atoms with Crippen LogP contribution < -0.4 is 10.1 Å². The first-order valence-corrected chi connectivity index (χ1v) is 7.29. The van der Waals surface area contributed by atoms with Crippen LogP contribution in [0.15, 0.2) is 36.5 Å². The zero-order chi connectivity index (χ0) is 15.9. The van der Waals surface area contributed by atoms with Gasteiger partial charge in [-0.1, -0.05) is 23.2 Å². The summed E-state index contributed by atoms with van der Waals surface area (Å²) in [5.41, 5.74) is 0. The number of carbonyl (C=O) groups excluding carboxylic acids is 1. The van der Waals surface area contributed by atoms with E-state index in [-0.39, 0.29) is 12.3 Å². The molecule has 0 aliphatic carbocycles. The molecule has 1 amide bonds. The number of aromatic nitrogens is 1. The average Bonchev–Trinajstić information content (AvgIpc) is 2.48. The second-order valence-corrected chi connectivity index (χ2v) is 5.28. The van der Waals surface area contributed by atoms with Crippen molar-refractivity contribution < 1.29 is 13.9 Å². The topological polar surface area (TPSA) is 51.2 Å². The van der Waals surface area contributed by atoms with Crippen LogP contribution in [-0.4, -0.2) is 17.5 Å². The van der Waals surface area contributed by atoms with Gasteiger partial charge in [-0.05, 0) is 36.8 Å².